The lowest BCUT2D eigenvalue weighted by molar-refractivity contribution is -0.121. The Labute approximate surface area is 106 Å². The van der Waals surface area contributed by atoms with E-state index in [1.165, 1.54) is 18.2 Å². The van der Waals surface area contributed by atoms with Crippen LogP contribution in [0.1, 0.15) is 43.0 Å². The maximum Gasteiger partial charge on any atom is 0.220 e. The van der Waals surface area contributed by atoms with Crippen molar-refractivity contribution in [3.8, 4) is 0 Å². The Morgan fingerprint density at radius 3 is 2.61 bits per heavy atom. The normalized spacial score (nSPS) is 10.1. The van der Waals surface area contributed by atoms with Gasteiger partial charge < -0.3 is 5.32 Å². The fourth-order valence-corrected chi connectivity index (χ4v) is 1.54. The summed E-state index contributed by atoms with van der Waals surface area (Å²) in [7, 11) is 0. The van der Waals surface area contributed by atoms with Gasteiger partial charge in [0.15, 0.2) is 5.78 Å². The van der Waals surface area contributed by atoms with Crippen LogP contribution in [0.5, 0.6) is 0 Å². The molecule has 0 atom stereocenters. The van der Waals surface area contributed by atoms with Gasteiger partial charge in [-0.05, 0) is 18.6 Å². The highest BCUT2D eigenvalue weighted by molar-refractivity contribution is 5.98. The van der Waals surface area contributed by atoms with E-state index in [0.29, 0.717) is 6.54 Å². The first-order valence-electron chi connectivity index (χ1n) is 6.19. The molecule has 0 radical (unpaired) electrons. The van der Waals surface area contributed by atoms with Crippen LogP contribution in [-0.4, -0.2) is 18.2 Å². The van der Waals surface area contributed by atoms with Crippen LogP contribution in [0, 0.1) is 5.82 Å². The highest BCUT2D eigenvalue weighted by atomic mass is 19.1. The van der Waals surface area contributed by atoms with Gasteiger partial charge in [0.1, 0.15) is 5.82 Å². The lowest BCUT2D eigenvalue weighted by Gasteiger charge is -2.04. The number of amides is 1. The third-order valence-corrected chi connectivity index (χ3v) is 2.61. The van der Waals surface area contributed by atoms with Crippen LogP contribution >= 0.6 is 0 Å². The van der Waals surface area contributed by atoms with Crippen LogP contribution < -0.4 is 5.32 Å². The standard InChI is InChI=1S/C14H18FNO2/c1-2-3-10-16-14(18)9-8-13(17)11-6-4-5-7-12(11)15/h4-7H,2-3,8-10H2,1H3,(H,16,18). The van der Waals surface area contributed by atoms with Crippen LogP contribution in [0.4, 0.5) is 4.39 Å². The first-order chi connectivity index (χ1) is 8.65. The van der Waals surface area contributed by atoms with Crippen molar-refractivity contribution in [3.63, 3.8) is 0 Å². The minimum Gasteiger partial charge on any atom is -0.356 e. The summed E-state index contributed by atoms with van der Waals surface area (Å²) >= 11 is 0. The van der Waals surface area contributed by atoms with E-state index in [4.69, 9.17) is 0 Å². The smallest absolute Gasteiger partial charge is 0.220 e. The molecular formula is C14H18FNO2. The monoisotopic (exact) mass is 251 g/mol. The molecule has 0 aliphatic rings. The molecule has 0 aliphatic heterocycles. The number of carbonyl (C=O) groups is 2. The van der Waals surface area contributed by atoms with Gasteiger partial charge in [-0.3, -0.25) is 9.59 Å². The van der Waals surface area contributed by atoms with E-state index in [9.17, 15) is 14.0 Å². The summed E-state index contributed by atoms with van der Waals surface area (Å²) in [5.41, 5.74) is 0.0545. The number of ketones is 1. The number of nitrogens with one attached hydrogen (secondary N) is 1. The topological polar surface area (TPSA) is 46.2 Å². The third kappa shape index (κ3) is 4.65. The maximum absolute atomic E-state index is 13.3. The summed E-state index contributed by atoms with van der Waals surface area (Å²) in [6.45, 7) is 2.66. The predicted molar refractivity (Wildman–Crippen MR) is 67.9 cm³/mol. The third-order valence-electron chi connectivity index (χ3n) is 2.61. The molecule has 1 rings (SSSR count). The second-order valence-corrected chi connectivity index (χ2v) is 4.11. The average Bonchev–Trinajstić information content (AvgIpc) is 2.37. The molecule has 0 saturated carbocycles. The molecule has 0 saturated heterocycles. The van der Waals surface area contributed by atoms with Crippen molar-refractivity contribution in [3.05, 3.63) is 35.6 Å². The van der Waals surface area contributed by atoms with Gasteiger partial charge in [0.25, 0.3) is 0 Å². The van der Waals surface area contributed by atoms with Crippen LogP contribution in [0.3, 0.4) is 0 Å². The zero-order valence-corrected chi connectivity index (χ0v) is 10.5. The summed E-state index contributed by atoms with van der Waals surface area (Å²) in [5.74, 6) is -1.03. The minimum atomic E-state index is -0.533. The fraction of sp³-hybridized carbons (Fsp3) is 0.429. The Morgan fingerprint density at radius 2 is 1.94 bits per heavy atom. The van der Waals surface area contributed by atoms with Gasteiger partial charge >= 0.3 is 0 Å². The van der Waals surface area contributed by atoms with Crippen molar-refractivity contribution in [1.29, 1.82) is 0 Å². The van der Waals surface area contributed by atoms with Gasteiger partial charge in [0.2, 0.25) is 5.91 Å². The maximum atomic E-state index is 13.3. The number of halogens is 1. The highest BCUT2D eigenvalue weighted by Crippen LogP contribution is 2.10. The Balaban J connectivity index is 2.38. The molecule has 18 heavy (non-hydrogen) atoms. The van der Waals surface area contributed by atoms with E-state index in [1.807, 2.05) is 6.92 Å². The molecule has 0 fully saturated rings. The van der Waals surface area contributed by atoms with Gasteiger partial charge in [-0.15, -0.1) is 0 Å². The molecule has 0 aliphatic carbocycles. The Kier molecular flexibility index (Phi) is 6.05. The van der Waals surface area contributed by atoms with Crippen molar-refractivity contribution in [2.24, 2.45) is 0 Å². The molecule has 0 spiro atoms. The molecule has 0 bridgehead atoms. The summed E-state index contributed by atoms with van der Waals surface area (Å²) in [6.07, 6.45) is 2.08. The zero-order chi connectivity index (χ0) is 13.4. The number of hydrogen-bond acceptors (Lipinski definition) is 2. The van der Waals surface area contributed by atoms with Crippen LogP contribution in [-0.2, 0) is 4.79 Å². The summed E-state index contributed by atoms with van der Waals surface area (Å²) in [6, 6.07) is 5.82. The van der Waals surface area contributed by atoms with Crippen molar-refractivity contribution in [2.75, 3.05) is 6.54 Å². The molecule has 98 valence electrons. The summed E-state index contributed by atoms with van der Waals surface area (Å²) < 4.78 is 13.3. The molecule has 1 aromatic carbocycles. The van der Waals surface area contributed by atoms with Crippen LogP contribution in [0.25, 0.3) is 0 Å². The SMILES string of the molecule is CCCCNC(=O)CCC(=O)c1ccccc1F. The van der Waals surface area contributed by atoms with Crippen molar-refractivity contribution in [2.45, 2.75) is 32.6 Å². The largest absolute Gasteiger partial charge is 0.356 e. The summed E-state index contributed by atoms with van der Waals surface area (Å²) in [4.78, 5) is 23.1. The number of unbranched alkanes of at least 4 members (excludes halogenated alkanes) is 1. The van der Waals surface area contributed by atoms with Gasteiger partial charge in [-0.1, -0.05) is 25.5 Å². The lowest BCUT2D eigenvalue weighted by atomic mass is 10.1. The van der Waals surface area contributed by atoms with Crippen LogP contribution in [0.2, 0.25) is 0 Å². The van der Waals surface area contributed by atoms with E-state index in [2.05, 4.69) is 5.32 Å². The highest BCUT2D eigenvalue weighted by Gasteiger charge is 2.12. The number of rotatable bonds is 7. The molecule has 0 aromatic heterocycles. The Hall–Kier alpha value is -1.71. The molecule has 1 aromatic rings. The lowest BCUT2D eigenvalue weighted by Crippen LogP contribution is -2.24. The molecule has 0 heterocycles. The first kappa shape index (κ1) is 14.4. The second-order valence-electron chi connectivity index (χ2n) is 4.11. The van der Waals surface area contributed by atoms with Crippen molar-refractivity contribution < 1.29 is 14.0 Å². The minimum absolute atomic E-state index is 0.0406. The Morgan fingerprint density at radius 1 is 1.22 bits per heavy atom. The number of hydrogen-bond donors (Lipinski definition) is 1. The number of benzene rings is 1. The second kappa shape index (κ2) is 7.58. The number of Topliss-reactive ketones (excluding diaryl/α,β-unsaturated/α-hetero) is 1. The fourth-order valence-electron chi connectivity index (χ4n) is 1.54. The molecule has 1 amide bonds. The van der Waals surface area contributed by atoms with E-state index in [-0.39, 0.29) is 30.1 Å². The van der Waals surface area contributed by atoms with Crippen LogP contribution in [0.15, 0.2) is 24.3 Å². The van der Waals surface area contributed by atoms with E-state index >= 15 is 0 Å². The predicted octanol–water partition coefficient (Wildman–Crippen LogP) is 2.70. The van der Waals surface area contributed by atoms with Crippen molar-refractivity contribution in [1.82, 2.24) is 5.32 Å². The van der Waals surface area contributed by atoms with E-state index < -0.39 is 5.82 Å². The Bertz CT molecular complexity index is 418. The van der Waals surface area contributed by atoms with Gasteiger partial charge in [0, 0.05) is 19.4 Å². The molecule has 4 heteroatoms. The average molecular weight is 251 g/mol. The van der Waals surface area contributed by atoms with Gasteiger partial charge in [-0.2, -0.15) is 0 Å². The van der Waals surface area contributed by atoms with Crippen molar-refractivity contribution >= 4 is 11.7 Å². The van der Waals surface area contributed by atoms with Gasteiger partial charge in [0.05, 0.1) is 5.56 Å². The van der Waals surface area contributed by atoms with E-state index in [1.54, 1.807) is 6.07 Å². The molecule has 1 N–H and O–H groups in total. The number of carbonyl (C=O) groups excluding carboxylic acids is 2. The zero-order valence-electron chi connectivity index (χ0n) is 10.5. The molecule has 0 unspecified atom stereocenters. The molecule has 3 nitrogen and oxygen atoms in total. The van der Waals surface area contributed by atoms with E-state index in [0.717, 1.165) is 12.8 Å². The summed E-state index contributed by atoms with van der Waals surface area (Å²) in [5, 5.41) is 2.72. The molecular weight excluding hydrogens is 233 g/mol. The quantitative estimate of drug-likeness (QED) is 0.598. The first-order valence-corrected chi connectivity index (χ1v) is 6.19. The van der Waals surface area contributed by atoms with Gasteiger partial charge in [-0.25, -0.2) is 4.39 Å².